The molecule has 9 N–H and O–H groups in total. The van der Waals surface area contributed by atoms with Crippen LogP contribution < -0.4 is 5.32 Å². The average molecular weight is 1200 g/mol. The Kier molecular flexibility index (Phi) is 51.3. The van der Waals surface area contributed by atoms with Gasteiger partial charge < -0.3 is 65.1 Å². The highest BCUT2D eigenvalue weighted by Crippen LogP contribution is 2.30. The normalized spacial score (nSPS) is 24.0. The summed E-state index contributed by atoms with van der Waals surface area (Å²) in [6.07, 6.45) is 58.4. The fourth-order valence-electron chi connectivity index (χ4n) is 11.1. The summed E-state index contributed by atoms with van der Waals surface area (Å²) in [5.74, 6) is -0.237. The fraction of sp³-hybridized carbons (Fsp3) is 0.817. The van der Waals surface area contributed by atoms with E-state index in [1.165, 1.54) is 180 Å². The average Bonchev–Trinajstić information content (AvgIpc) is 3.60. The highest BCUT2D eigenvalue weighted by atomic mass is 16.7. The van der Waals surface area contributed by atoms with Crippen molar-refractivity contribution >= 4 is 5.91 Å². The van der Waals surface area contributed by atoms with Crippen molar-refractivity contribution in [3.05, 3.63) is 72.9 Å². The Hall–Kier alpha value is -2.57. The quantitative estimate of drug-likeness (QED) is 0.0204. The molecule has 0 saturated carbocycles. The molecular formula is C71H127NO13. The SMILES string of the molecule is CC/C=C\C/C=C\C/C=C\C/C=C\C/C=C\CCCCCCCCCCCCCCCCCCCCCCCCCC(=O)NC(COC1OC(CO)C(OC2OC(CO)C(O)C(O)C2O)C(O)C1O)C(O)/C=C/CCCCCCCCCCCC. The van der Waals surface area contributed by atoms with Crippen LogP contribution in [0.3, 0.4) is 0 Å². The van der Waals surface area contributed by atoms with Gasteiger partial charge in [0.25, 0.3) is 0 Å². The van der Waals surface area contributed by atoms with Crippen molar-refractivity contribution < 1.29 is 64.6 Å². The Labute approximate surface area is 517 Å². The number of hydrogen-bond donors (Lipinski definition) is 9. The van der Waals surface area contributed by atoms with Crippen molar-refractivity contribution in [1.29, 1.82) is 0 Å². The zero-order chi connectivity index (χ0) is 61.6. The van der Waals surface area contributed by atoms with Gasteiger partial charge >= 0.3 is 0 Å². The molecule has 85 heavy (non-hydrogen) atoms. The first-order chi connectivity index (χ1) is 41.6. The standard InChI is InChI=1S/C71H127NO13/c1-3-5-7-9-11-13-15-17-18-19-20-21-22-23-24-25-26-27-28-29-30-31-32-33-34-35-36-37-38-39-40-41-42-43-45-47-49-51-53-55-63(76)72-59(60(75)54-52-50-48-46-44-16-14-12-10-8-6-4-2)58-82-70-68(81)66(79)69(62(57-74)84-70)85-71-67(80)65(78)64(77)61(56-73)83-71/h5,7,11,13,17-18,20-21,23-24,52,54,59-62,64-71,73-75,77-81H,3-4,6,8-10,12,14-16,19,22,25-51,53,55-58H2,1-2H3,(H,72,76)/b7-5-,13-11-,18-17-,21-20-,24-23-,54-52+. The predicted molar refractivity (Wildman–Crippen MR) is 346 cm³/mol. The molecule has 2 rings (SSSR count). The summed E-state index contributed by atoms with van der Waals surface area (Å²) in [5, 5.41) is 87.1. The minimum absolute atomic E-state index is 0.237. The molecule has 0 aromatic heterocycles. The molecule has 0 aromatic rings. The number of hydrogen-bond acceptors (Lipinski definition) is 13. The topological polar surface area (TPSA) is 228 Å². The van der Waals surface area contributed by atoms with Gasteiger partial charge in [0.05, 0.1) is 32.0 Å². The molecule has 0 aromatic carbocycles. The molecule has 0 radical (unpaired) electrons. The molecule has 14 heteroatoms. The number of ether oxygens (including phenoxy) is 4. The van der Waals surface area contributed by atoms with Crippen molar-refractivity contribution in [1.82, 2.24) is 5.32 Å². The molecule has 0 spiro atoms. The second-order valence-corrected chi connectivity index (χ2v) is 24.3. The van der Waals surface area contributed by atoms with Crippen LogP contribution in [-0.4, -0.2) is 140 Å². The molecule has 2 heterocycles. The molecule has 14 nitrogen and oxygen atoms in total. The van der Waals surface area contributed by atoms with E-state index in [-0.39, 0.29) is 18.9 Å². The zero-order valence-electron chi connectivity index (χ0n) is 53.6. The Balaban J connectivity index is 1.55. The van der Waals surface area contributed by atoms with E-state index in [9.17, 15) is 45.6 Å². The van der Waals surface area contributed by atoms with Crippen molar-refractivity contribution in [2.45, 2.75) is 351 Å². The Bertz CT molecular complexity index is 1700. The molecule has 494 valence electrons. The molecule has 2 fully saturated rings. The van der Waals surface area contributed by atoms with E-state index in [4.69, 9.17) is 18.9 Å². The number of allylic oxidation sites excluding steroid dienone is 11. The van der Waals surface area contributed by atoms with Gasteiger partial charge in [0, 0.05) is 6.42 Å². The van der Waals surface area contributed by atoms with Gasteiger partial charge in [-0.2, -0.15) is 0 Å². The minimum Gasteiger partial charge on any atom is -0.394 e. The van der Waals surface area contributed by atoms with Crippen LogP contribution in [0.25, 0.3) is 0 Å². The largest absolute Gasteiger partial charge is 0.394 e. The predicted octanol–water partition coefficient (Wildman–Crippen LogP) is 13.8. The molecule has 1 amide bonds. The first-order valence-corrected chi connectivity index (χ1v) is 34.7. The van der Waals surface area contributed by atoms with E-state index < -0.39 is 86.8 Å². The zero-order valence-corrected chi connectivity index (χ0v) is 53.6. The van der Waals surface area contributed by atoms with Crippen LogP contribution in [0.5, 0.6) is 0 Å². The van der Waals surface area contributed by atoms with Crippen LogP contribution in [0.4, 0.5) is 0 Å². The minimum atomic E-state index is -1.79. The maximum Gasteiger partial charge on any atom is 0.220 e. The molecule has 12 atom stereocenters. The van der Waals surface area contributed by atoms with E-state index in [0.29, 0.717) is 6.42 Å². The lowest BCUT2D eigenvalue weighted by molar-refractivity contribution is -0.359. The highest BCUT2D eigenvalue weighted by molar-refractivity contribution is 5.76. The van der Waals surface area contributed by atoms with Gasteiger partial charge in [-0.05, 0) is 64.2 Å². The molecule has 2 aliphatic rings. The first kappa shape index (κ1) is 78.5. The highest BCUT2D eigenvalue weighted by Gasteiger charge is 2.51. The summed E-state index contributed by atoms with van der Waals surface area (Å²) >= 11 is 0. The van der Waals surface area contributed by atoms with Crippen molar-refractivity contribution in [3.63, 3.8) is 0 Å². The van der Waals surface area contributed by atoms with Gasteiger partial charge in [-0.25, -0.2) is 0 Å². The third kappa shape index (κ3) is 39.9. The van der Waals surface area contributed by atoms with Crippen LogP contribution in [0.1, 0.15) is 277 Å². The van der Waals surface area contributed by atoms with Gasteiger partial charge in [0.15, 0.2) is 12.6 Å². The van der Waals surface area contributed by atoms with Crippen molar-refractivity contribution in [2.75, 3.05) is 19.8 Å². The lowest BCUT2D eigenvalue weighted by atomic mass is 9.97. The summed E-state index contributed by atoms with van der Waals surface area (Å²) in [5.41, 5.74) is 0. The summed E-state index contributed by atoms with van der Waals surface area (Å²) in [6.45, 7) is 2.68. The number of nitrogens with one attached hydrogen (secondary N) is 1. The summed E-state index contributed by atoms with van der Waals surface area (Å²) in [4.78, 5) is 13.3. The molecular weight excluding hydrogens is 1070 g/mol. The van der Waals surface area contributed by atoms with Gasteiger partial charge in [-0.15, -0.1) is 0 Å². The third-order valence-corrected chi connectivity index (χ3v) is 16.6. The molecule has 0 bridgehead atoms. The number of aliphatic hydroxyl groups excluding tert-OH is 8. The molecule has 12 unspecified atom stereocenters. The Morgan fingerprint density at radius 2 is 0.812 bits per heavy atom. The Morgan fingerprint density at radius 3 is 1.25 bits per heavy atom. The van der Waals surface area contributed by atoms with E-state index in [1.54, 1.807) is 6.08 Å². The van der Waals surface area contributed by atoms with Crippen LogP contribution >= 0.6 is 0 Å². The molecule has 2 aliphatic heterocycles. The lowest BCUT2D eigenvalue weighted by Crippen LogP contribution is -2.65. The first-order valence-electron chi connectivity index (χ1n) is 34.7. The smallest absolute Gasteiger partial charge is 0.220 e. The third-order valence-electron chi connectivity index (χ3n) is 16.6. The lowest BCUT2D eigenvalue weighted by Gasteiger charge is -2.46. The fourth-order valence-corrected chi connectivity index (χ4v) is 11.1. The van der Waals surface area contributed by atoms with Gasteiger partial charge in [-0.3, -0.25) is 4.79 Å². The summed E-state index contributed by atoms with van der Waals surface area (Å²) in [7, 11) is 0. The van der Waals surface area contributed by atoms with Crippen molar-refractivity contribution in [3.8, 4) is 0 Å². The maximum absolute atomic E-state index is 13.3. The van der Waals surface area contributed by atoms with Crippen LogP contribution in [0, 0.1) is 0 Å². The van der Waals surface area contributed by atoms with Crippen LogP contribution in [0.15, 0.2) is 72.9 Å². The van der Waals surface area contributed by atoms with E-state index in [0.717, 1.165) is 70.6 Å². The number of amides is 1. The number of carbonyl (C=O) groups is 1. The summed E-state index contributed by atoms with van der Waals surface area (Å²) in [6, 6.07) is -0.914. The number of rotatable bonds is 56. The monoisotopic (exact) mass is 1200 g/mol. The van der Waals surface area contributed by atoms with Crippen LogP contribution in [-0.2, 0) is 23.7 Å². The molecule has 0 aliphatic carbocycles. The number of carbonyl (C=O) groups excluding carboxylic acids is 1. The Morgan fingerprint density at radius 1 is 0.435 bits per heavy atom. The second-order valence-electron chi connectivity index (χ2n) is 24.3. The van der Waals surface area contributed by atoms with E-state index >= 15 is 0 Å². The molecule has 2 saturated heterocycles. The van der Waals surface area contributed by atoms with E-state index in [1.807, 2.05) is 6.08 Å². The van der Waals surface area contributed by atoms with E-state index in [2.05, 4.69) is 79.9 Å². The second kappa shape index (κ2) is 55.5. The van der Waals surface area contributed by atoms with Crippen LogP contribution in [0.2, 0.25) is 0 Å². The van der Waals surface area contributed by atoms with Crippen molar-refractivity contribution in [2.24, 2.45) is 0 Å². The summed E-state index contributed by atoms with van der Waals surface area (Å²) < 4.78 is 22.8. The number of aliphatic hydroxyl groups is 8. The van der Waals surface area contributed by atoms with Gasteiger partial charge in [0.1, 0.15) is 48.8 Å². The maximum atomic E-state index is 13.3. The number of unbranched alkanes of at least 4 members (excludes halogenated alkanes) is 33. The van der Waals surface area contributed by atoms with Gasteiger partial charge in [0.2, 0.25) is 5.91 Å². The van der Waals surface area contributed by atoms with Gasteiger partial charge in [-0.1, -0.05) is 279 Å².